The van der Waals surface area contributed by atoms with E-state index in [0.717, 1.165) is 39.0 Å². The Morgan fingerprint density at radius 3 is 2.60 bits per heavy atom. The summed E-state index contributed by atoms with van der Waals surface area (Å²) < 4.78 is 5.27. The minimum atomic E-state index is -0.0899. The number of fused-ring (bicyclic) bond motifs is 2. The average molecular weight is 414 g/mol. The van der Waals surface area contributed by atoms with Crippen molar-refractivity contribution in [2.75, 3.05) is 46.4 Å². The Kier molecular flexibility index (Phi) is 5.80. The van der Waals surface area contributed by atoms with E-state index in [1.165, 1.54) is 0 Å². The summed E-state index contributed by atoms with van der Waals surface area (Å²) in [6.45, 7) is 11.7. The van der Waals surface area contributed by atoms with Crippen LogP contribution < -0.4 is 4.74 Å². The number of carbonyl (C=O) groups excluding carboxylic acids is 2. The summed E-state index contributed by atoms with van der Waals surface area (Å²) in [7, 11) is 1.62. The first-order valence-corrected chi connectivity index (χ1v) is 11.4. The lowest BCUT2D eigenvalue weighted by Crippen LogP contribution is -2.57. The fourth-order valence-corrected chi connectivity index (χ4v) is 6.11. The smallest absolute Gasteiger partial charge is 0.253 e. The Morgan fingerprint density at radius 2 is 1.97 bits per heavy atom. The van der Waals surface area contributed by atoms with Gasteiger partial charge in [-0.05, 0) is 43.9 Å². The van der Waals surface area contributed by atoms with Crippen LogP contribution in [0.4, 0.5) is 0 Å². The molecule has 4 rings (SSSR count). The van der Waals surface area contributed by atoms with Gasteiger partial charge < -0.3 is 19.4 Å². The molecule has 6 nitrogen and oxygen atoms in total. The third-order valence-corrected chi connectivity index (χ3v) is 7.38. The van der Waals surface area contributed by atoms with Crippen LogP contribution in [-0.2, 0) is 4.79 Å². The molecule has 0 radical (unpaired) electrons. The fourth-order valence-electron chi connectivity index (χ4n) is 6.11. The average Bonchev–Trinajstić information content (AvgIpc) is 3.25. The minimum Gasteiger partial charge on any atom is -0.497 e. The number of ether oxygens (including phenoxy) is 1. The van der Waals surface area contributed by atoms with Crippen LogP contribution in [0.1, 0.15) is 44.0 Å². The zero-order chi connectivity index (χ0) is 21.5. The second-order valence-electron chi connectivity index (χ2n) is 9.54. The zero-order valence-electron chi connectivity index (χ0n) is 18.8. The molecule has 3 aliphatic rings. The van der Waals surface area contributed by atoms with E-state index < -0.39 is 0 Å². The van der Waals surface area contributed by atoms with Gasteiger partial charge in [0.15, 0.2) is 0 Å². The molecule has 164 valence electrons. The summed E-state index contributed by atoms with van der Waals surface area (Å²) in [5.41, 5.74) is 0.579. The van der Waals surface area contributed by atoms with Crippen molar-refractivity contribution in [2.24, 2.45) is 17.8 Å². The van der Waals surface area contributed by atoms with Crippen molar-refractivity contribution in [2.45, 2.75) is 39.2 Å². The molecule has 3 fully saturated rings. The van der Waals surface area contributed by atoms with Crippen molar-refractivity contribution < 1.29 is 14.3 Å². The van der Waals surface area contributed by atoms with Crippen LogP contribution in [0.2, 0.25) is 0 Å². The summed E-state index contributed by atoms with van der Waals surface area (Å²) in [6, 6.07) is 7.37. The van der Waals surface area contributed by atoms with E-state index in [4.69, 9.17) is 4.74 Å². The SMILES string of the molecule is CCN1C(=O)[C@@H]2CN(CC(C)C)C[C@@H]2C12CCN(C(=O)c1cccc(OC)c1)CC2. The molecule has 1 aromatic carbocycles. The first-order valence-electron chi connectivity index (χ1n) is 11.4. The topological polar surface area (TPSA) is 53.1 Å². The number of carbonyl (C=O) groups is 2. The number of likely N-dealkylation sites (tertiary alicyclic amines) is 3. The van der Waals surface area contributed by atoms with Gasteiger partial charge in [-0.2, -0.15) is 0 Å². The van der Waals surface area contributed by atoms with Gasteiger partial charge in [0.2, 0.25) is 5.91 Å². The Morgan fingerprint density at radius 1 is 1.23 bits per heavy atom. The Bertz CT molecular complexity index is 801. The van der Waals surface area contributed by atoms with Gasteiger partial charge in [0.25, 0.3) is 5.91 Å². The summed E-state index contributed by atoms with van der Waals surface area (Å²) in [5.74, 6) is 2.22. The molecular weight excluding hydrogens is 378 g/mol. The third kappa shape index (κ3) is 3.49. The zero-order valence-corrected chi connectivity index (χ0v) is 18.8. The van der Waals surface area contributed by atoms with Crippen LogP contribution in [0, 0.1) is 17.8 Å². The number of hydrogen-bond donors (Lipinski definition) is 0. The number of hydrogen-bond acceptors (Lipinski definition) is 4. The molecule has 3 aliphatic heterocycles. The highest BCUT2D eigenvalue weighted by Crippen LogP contribution is 2.49. The number of rotatable bonds is 5. The molecule has 3 heterocycles. The highest BCUT2D eigenvalue weighted by atomic mass is 16.5. The van der Waals surface area contributed by atoms with Crippen molar-refractivity contribution in [1.82, 2.24) is 14.7 Å². The first kappa shape index (κ1) is 21.2. The molecule has 0 bridgehead atoms. The molecule has 0 aromatic heterocycles. The summed E-state index contributed by atoms with van der Waals surface area (Å²) in [5, 5.41) is 0. The summed E-state index contributed by atoms with van der Waals surface area (Å²) >= 11 is 0. The number of methoxy groups -OCH3 is 1. The molecule has 1 spiro atoms. The van der Waals surface area contributed by atoms with Crippen LogP contribution in [-0.4, -0.2) is 78.4 Å². The highest BCUT2D eigenvalue weighted by Gasteiger charge is 2.61. The summed E-state index contributed by atoms with van der Waals surface area (Å²) in [6.07, 6.45) is 1.75. The first-order chi connectivity index (χ1) is 14.4. The monoisotopic (exact) mass is 413 g/mol. The van der Waals surface area contributed by atoms with Gasteiger partial charge in [-0.15, -0.1) is 0 Å². The van der Waals surface area contributed by atoms with Gasteiger partial charge >= 0.3 is 0 Å². The second-order valence-corrected chi connectivity index (χ2v) is 9.54. The molecule has 0 saturated carbocycles. The van der Waals surface area contributed by atoms with E-state index in [2.05, 4.69) is 30.6 Å². The number of piperidine rings is 1. The number of amides is 2. The lowest BCUT2D eigenvalue weighted by Gasteiger charge is -2.48. The standard InChI is InChI=1S/C24H35N3O3/c1-5-27-23(29)20-15-25(14-17(2)3)16-21(20)24(27)9-11-26(12-10-24)22(28)18-7-6-8-19(13-18)30-4/h6-8,13,17,20-21H,5,9-12,14-16H2,1-4H3/t20-,21+/m1/s1. The molecule has 0 N–H and O–H groups in total. The molecule has 6 heteroatoms. The number of nitrogens with zero attached hydrogens (tertiary/aromatic N) is 3. The van der Waals surface area contributed by atoms with Crippen LogP contribution in [0.3, 0.4) is 0 Å². The third-order valence-electron chi connectivity index (χ3n) is 7.38. The molecule has 2 atom stereocenters. The van der Waals surface area contributed by atoms with Crippen LogP contribution >= 0.6 is 0 Å². The predicted molar refractivity (Wildman–Crippen MR) is 117 cm³/mol. The lowest BCUT2D eigenvalue weighted by molar-refractivity contribution is -0.135. The van der Waals surface area contributed by atoms with Crippen molar-refractivity contribution in [3.63, 3.8) is 0 Å². The maximum Gasteiger partial charge on any atom is 0.253 e. The minimum absolute atomic E-state index is 0.0560. The van der Waals surface area contributed by atoms with Crippen molar-refractivity contribution in [1.29, 1.82) is 0 Å². The molecular formula is C24H35N3O3. The quantitative estimate of drug-likeness (QED) is 0.745. The second kappa shape index (κ2) is 8.22. The van der Waals surface area contributed by atoms with Gasteiger partial charge in [0.1, 0.15) is 5.75 Å². The van der Waals surface area contributed by atoms with Gasteiger partial charge in [-0.3, -0.25) is 9.59 Å². The molecule has 0 unspecified atom stereocenters. The van der Waals surface area contributed by atoms with E-state index in [-0.39, 0.29) is 17.4 Å². The number of benzene rings is 1. The highest BCUT2D eigenvalue weighted by molar-refractivity contribution is 5.94. The van der Waals surface area contributed by atoms with Gasteiger partial charge in [0, 0.05) is 50.7 Å². The van der Waals surface area contributed by atoms with E-state index in [9.17, 15) is 9.59 Å². The van der Waals surface area contributed by atoms with E-state index in [0.29, 0.717) is 42.1 Å². The van der Waals surface area contributed by atoms with Gasteiger partial charge in [-0.1, -0.05) is 19.9 Å². The molecule has 1 aromatic rings. The Hall–Kier alpha value is -2.08. The Labute approximate surface area is 180 Å². The van der Waals surface area contributed by atoms with Crippen LogP contribution in [0.15, 0.2) is 24.3 Å². The molecule has 2 amide bonds. The summed E-state index contributed by atoms with van der Waals surface area (Å²) in [4.78, 5) is 32.9. The molecule has 30 heavy (non-hydrogen) atoms. The lowest BCUT2D eigenvalue weighted by atomic mass is 9.74. The normalized spacial score (nSPS) is 26.0. The molecule has 3 saturated heterocycles. The van der Waals surface area contributed by atoms with Gasteiger partial charge in [-0.25, -0.2) is 0 Å². The van der Waals surface area contributed by atoms with E-state index in [1.807, 2.05) is 23.1 Å². The Balaban J connectivity index is 1.50. The van der Waals surface area contributed by atoms with Crippen LogP contribution in [0.5, 0.6) is 5.75 Å². The van der Waals surface area contributed by atoms with Crippen molar-refractivity contribution >= 4 is 11.8 Å². The fraction of sp³-hybridized carbons (Fsp3) is 0.667. The van der Waals surface area contributed by atoms with Crippen LogP contribution in [0.25, 0.3) is 0 Å². The van der Waals surface area contributed by atoms with Crippen molar-refractivity contribution in [3.05, 3.63) is 29.8 Å². The maximum atomic E-state index is 13.2. The van der Waals surface area contributed by atoms with Crippen molar-refractivity contribution in [3.8, 4) is 5.75 Å². The predicted octanol–water partition coefficient (Wildman–Crippen LogP) is 2.74. The molecule has 0 aliphatic carbocycles. The van der Waals surface area contributed by atoms with E-state index in [1.54, 1.807) is 13.2 Å². The van der Waals surface area contributed by atoms with Gasteiger partial charge in [0.05, 0.1) is 18.6 Å². The van der Waals surface area contributed by atoms with E-state index >= 15 is 0 Å². The maximum absolute atomic E-state index is 13.2. The largest absolute Gasteiger partial charge is 0.497 e.